The van der Waals surface area contributed by atoms with Crippen molar-refractivity contribution < 1.29 is 28.7 Å². The molecule has 1 fully saturated rings. The molecule has 1 aliphatic rings. The van der Waals surface area contributed by atoms with Crippen LogP contribution in [0.1, 0.15) is 12.8 Å². The second kappa shape index (κ2) is 10.2. The van der Waals surface area contributed by atoms with Gasteiger partial charge in [0.1, 0.15) is 6.04 Å². The molecule has 11 heteroatoms. The first kappa shape index (κ1) is 23.2. The number of hydrogen-bond donors (Lipinski definition) is 3. The van der Waals surface area contributed by atoms with Gasteiger partial charge >= 0.3 is 6.09 Å². The van der Waals surface area contributed by atoms with Crippen molar-refractivity contribution >= 4 is 44.9 Å². The number of rotatable bonds is 6. The molecule has 0 aliphatic carbocycles. The number of hydrogen-bond acceptors (Lipinski definition) is 5. The minimum absolute atomic E-state index is 0.178. The Morgan fingerprint density at radius 3 is 2.06 bits per heavy atom. The minimum atomic E-state index is -2.80. The van der Waals surface area contributed by atoms with Gasteiger partial charge in [0.2, 0.25) is 0 Å². The number of nitrogens with one attached hydrogen (secondary N) is 1. The Labute approximate surface area is 190 Å². The maximum atomic E-state index is 12.5. The molecule has 2 amide bonds. The van der Waals surface area contributed by atoms with E-state index in [1.807, 2.05) is 24.3 Å². The third kappa shape index (κ3) is 5.42. The molecule has 166 valence electrons. The molecule has 0 spiro atoms. The van der Waals surface area contributed by atoms with E-state index in [0.717, 1.165) is 19.9 Å². The van der Waals surface area contributed by atoms with Gasteiger partial charge < -0.3 is 14.6 Å². The molecule has 2 atom stereocenters. The second-order valence-electron chi connectivity index (χ2n) is 7.12. The highest BCUT2D eigenvalue weighted by molar-refractivity contribution is 9.10. The Morgan fingerprint density at radius 1 is 1.10 bits per heavy atom. The fourth-order valence-electron chi connectivity index (χ4n) is 3.77. The van der Waals surface area contributed by atoms with Crippen molar-refractivity contribution in [1.29, 1.82) is 0 Å². The number of likely N-dealkylation sites (tertiary alicyclic amines) is 1. The van der Waals surface area contributed by atoms with Gasteiger partial charge in [0.15, 0.2) is 0 Å². The van der Waals surface area contributed by atoms with Crippen LogP contribution in [0.2, 0.25) is 0 Å². The number of anilines is 1. The summed E-state index contributed by atoms with van der Waals surface area (Å²) in [5.74, 6) is -1.33. The maximum absolute atomic E-state index is 12.5. The highest BCUT2D eigenvalue weighted by Gasteiger charge is 2.37. The van der Waals surface area contributed by atoms with E-state index >= 15 is 0 Å². The first-order valence-electron chi connectivity index (χ1n) is 9.48. The number of nitrogens with zero attached hydrogens (tertiary/aromatic N) is 2. The van der Waals surface area contributed by atoms with Crippen LogP contribution in [-0.4, -0.2) is 55.1 Å². The molecule has 0 bridgehead atoms. The third-order valence-electron chi connectivity index (χ3n) is 5.35. The average molecular weight is 511 g/mol. The first-order chi connectivity index (χ1) is 14.8. The van der Waals surface area contributed by atoms with E-state index in [0.29, 0.717) is 0 Å². The van der Waals surface area contributed by atoms with Crippen molar-refractivity contribution in [1.82, 2.24) is 10.4 Å². The lowest BCUT2D eigenvalue weighted by Gasteiger charge is -2.40. The van der Waals surface area contributed by atoms with Crippen LogP contribution in [0.5, 0.6) is 0 Å². The van der Waals surface area contributed by atoms with Gasteiger partial charge in [-0.15, -0.1) is 0 Å². The molecule has 0 aromatic heterocycles. The Morgan fingerprint density at radius 2 is 1.61 bits per heavy atom. The van der Waals surface area contributed by atoms with Crippen LogP contribution in [-0.2, 0) is 16.1 Å². The molecule has 1 aliphatic heterocycles. The zero-order valence-corrected chi connectivity index (χ0v) is 18.7. The molecule has 2 aromatic carbocycles. The van der Waals surface area contributed by atoms with Crippen molar-refractivity contribution in [2.45, 2.75) is 18.9 Å². The number of carbonyl (C=O) groups excluding carboxylic acids is 1. The van der Waals surface area contributed by atoms with E-state index in [4.69, 9.17) is 5.11 Å². The van der Waals surface area contributed by atoms with Crippen molar-refractivity contribution in [2.24, 2.45) is 5.92 Å². The average Bonchev–Trinajstić information content (AvgIpc) is 2.77. The molecular weight excluding hydrogens is 490 g/mol. The van der Waals surface area contributed by atoms with Crippen LogP contribution in [0.25, 0.3) is 11.1 Å². The van der Waals surface area contributed by atoms with Gasteiger partial charge in [-0.3, -0.25) is 18.5 Å². The Balaban J connectivity index is 1.88. The molecule has 1 heterocycles. The summed E-state index contributed by atoms with van der Waals surface area (Å²) in [6.07, 6.45) is -0.487. The van der Waals surface area contributed by atoms with E-state index < -0.39 is 35.2 Å². The molecule has 1 saturated heterocycles. The number of carboxylic acid groups (broad SMARTS) is 1. The van der Waals surface area contributed by atoms with Gasteiger partial charge in [-0.1, -0.05) is 40.2 Å². The molecule has 2 aromatic rings. The Kier molecular flexibility index (Phi) is 7.65. The van der Waals surface area contributed by atoms with Crippen LogP contribution >= 0.6 is 15.9 Å². The Bertz CT molecular complexity index is 948. The van der Waals surface area contributed by atoms with E-state index in [-0.39, 0.29) is 31.6 Å². The molecule has 3 N–H and O–H groups in total. The van der Waals surface area contributed by atoms with Crippen LogP contribution in [0, 0.1) is 5.92 Å². The zero-order chi connectivity index (χ0) is 22.5. The molecule has 2 unspecified atom stereocenters. The summed E-state index contributed by atoms with van der Waals surface area (Å²) in [5.41, 5.74) is 3.63. The van der Waals surface area contributed by atoms with Crippen molar-refractivity contribution in [3.05, 3.63) is 53.0 Å². The quantitative estimate of drug-likeness (QED) is 0.310. The normalized spacial score (nSPS) is 16.4. The van der Waals surface area contributed by atoms with E-state index in [2.05, 4.69) is 15.9 Å². The first-order valence-corrected chi connectivity index (χ1v) is 11.3. The lowest BCUT2D eigenvalue weighted by atomic mass is 9.88. The van der Waals surface area contributed by atoms with Gasteiger partial charge in [0, 0.05) is 34.5 Å². The monoisotopic (exact) mass is 510 g/mol. The second-order valence-corrected chi connectivity index (χ2v) is 8.87. The number of benzene rings is 2. The van der Waals surface area contributed by atoms with Crippen LogP contribution in [0.15, 0.2) is 53.0 Å². The molecule has 3 rings (SSSR count). The molecule has 0 radical (unpaired) electrons. The smallest absolute Gasteiger partial charge is 0.407 e. The van der Waals surface area contributed by atoms with Crippen LogP contribution < -0.4 is 9.79 Å². The summed E-state index contributed by atoms with van der Waals surface area (Å²) in [6.45, 7) is 0.355. The van der Waals surface area contributed by atoms with Gasteiger partial charge in [-0.2, -0.15) is 0 Å². The fourth-order valence-corrected chi connectivity index (χ4v) is 4.78. The SMILES string of the molecule is O=C(NO)C(C1CCN(C(=O)O)CC1)N(c1ccc(-c2ccc(Br)cc2)cc1)S(=O)[O-]. The lowest BCUT2D eigenvalue weighted by molar-refractivity contribution is -0.131. The number of halogens is 1. The fraction of sp³-hybridized carbons (Fsp3) is 0.300. The van der Waals surface area contributed by atoms with E-state index in [1.54, 1.807) is 29.7 Å². The highest BCUT2D eigenvalue weighted by atomic mass is 79.9. The predicted octanol–water partition coefficient (Wildman–Crippen LogP) is 2.98. The molecule has 0 saturated carbocycles. The van der Waals surface area contributed by atoms with Gasteiger partial charge in [-0.25, -0.2) is 10.3 Å². The number of hydroxylamine groups is 1. The van der Waals surface area contributed by atoms with Gasteiger partial charge in [-0.05, 0) is 54.2 Å². The molecule has 9 nitrogen and oxygen atoms in total. The molecule has 31 heavy (non-hydrogen) atoms. The Hall–Kier alpha value is -2.47. The topological polar surface area (TPSA) is 133 Å². The van der Waals surface area contributed by atoms with Crippen molar-refractivity contribution in [3.63, 3.8) is 0 Å². The van der Waals surface area contributed by atoms with Crippen LogP contribution in [0.4, 0.5) is 10.5 Å². The van der Waals surface area contributed by atoms with Crippen LogP contribution in [0.3, 0.4) is 0 Å². The zero-order valence-electron chi connectivity index (χ0n) is 16.3. The summed E-state index contributed by atoms with van der Waals surface area (Å²) >= 11 is 0.576. The van der Waals surface area contributed by atoms with Gasteiger partial charge in [0.25, 0.3) is 5.91 Å². The standard InChI is InChI=1S/C20H22BrN3O6S/c21-16-5-1-13(2-6-16)14-3-7-17(8-4-14)24(31(29)30)18(19(25)22-28)15-9-11-23(12-10-15)20(26)27/h1-8,15,18,28H,9-12H2,(H,22,25)(H,26,27)(H,29,30)/p-1. The van der Waals surface area contributed by atoms with Gasteiger partial charge in [0.05, 0.1) is 0 Å². The maximum Gasteiger partial charge on any atom is 0.407 e. The largest absolute Gasteiger partial charge is 0.755 e. The van der Waals surface area contributed by atoms with Crippen molar-refractivity contribution in [2.75, 3.05) is 17.4 Å². The molecular formula is C20H21BrN3O6S-. The number of piperidine rings is 1. The summed E-state index contributed by atoms with van der Waals surface area (Å²) < 4.78 is 26.1. The lowest BCUT2D eigenvalue weighted by Crippen LogP contribution is -2.54. The third-order valence-corrected chi connectivity index (χ3v) is 6.64. The summed E-state index contributed by atoms with van der Waals surface area (Å²) in [6, 6.07) is 13.1. The predicted molar refractivity (Wildman–Crippen MR) is 117 cm³/mol. The summed E-state index contributed by atoms with van der Waals surface area (Å²) in [7, 11) is 0. The number of amides is 2. The van der Waals surface area contributed by atoms with Crippen molar-refractivity contribution in [3.8, 4) is 11.1 Å². The number of carbonyl (C=O) groups is 2. The summed E-state index contributed by atoms with van der Waals surface area (Å²) in [5, 5.41) is 18.4. The van der Waals surface area contributed by atoms with E-state index in [9.17, 15) is 23.6 Å². The highest BCUT2D eigenvalue weighted by Crippen LogP contribution is 2.31. The minimum Gasteiger partial charge on any atom is -0.755 e. The summed E-state index contributed by atoms with van der Waals surface area (Å²) in [4.78, 5) is 24.8. The van der Waals surface area contributed by atoms with E-state index in [1.165, 1.54) is 4.90 Å².